The zero-order valence-electron chi connectivity index (χ0n) is 19.0. The van der Waals surface area contributed by atoms with E-state index in [2.05, 4.69) is 59.4 Å². The van der Waals surface area contributed by atoms with Gasteiger partial charge in [-0.1, -0.05) is 70.0 Å². The summed E-state index contributed by atoms with van der Waals surface area (Å²) in [6, 6.07) is 5.04. The predicted octanol–water partition coefficient (Wildman–Crippen LogP) is 6.91. The monoisotopic (exact) mass is 379 g/mol. The number of rotatable bonds is 8. The first kappa shape index (κ1) is 21.4. The normalized spacial score (nSPS) is 22.2. The van der Waals surface area contributed by atoms with Crippen molar-refractivity contribution in [2.75, 3.05) is 6.54 Å². The fourth-order valence-electron chi connectivity index (χ4n) is 4.99. The van der Waals surface area contributed by atoms with Gasteiger partial charge in [-0.3, -0.25) is 0 Å². The van der Waals surface area contributed by atoms with E-state index in [0.29, 0.717) is 16.7 Å². The molecule has 0 amide bonds. The Kier molecular flexibility index (Phi) is 6.25. The van der Waals surface area contributed by atoms with E-state index < -0.39 is 0 Å². The van der Waals surface area contributed by atoms with Gasteiger partial charge in [-0.2, -0.15) is 0 Å². The minimum absolute atomic E-state index is 0.293. The summed E-state index contributed by atoms with van der Waals surface area (Å²) in [5, 5.41) is 0. The first-order chi connectivity index (χ1) is 13.1. The average Bonchev–Trinajstić information content (AvgIpc) is 2.59. The van der Waals surface area contributed by atoms with Crippen molar-refractivity contribution < 1.29 is 0 Å². The third-order valence-electron chi connectivity index (χ3n) is 7.37. The van der Waals surface area contributed by atoms with Crippen molar-refractivity contribution in [2.45, 2.75) is 96.8 Å². The van der Waals surface area contributed by atoms with Gasteiger partial charge in [-0.15, -0.1) is 0 Å². The first-order valence-electron chi connectivity index (χ1n) is 11.4. The number of hydrogen-bond acceptors (Lipinski definition) is 1. The molecule has 0 saturated heterocycles. The minimum Gasteiger partial charge on any atom is -0.330 e. The maximum absolute atomic E-state index is 5.59. The summed E-state index contributed by atoms with van der Waals surface area (Å²) in [6.07, 6.45) is 12.2. The Hall–Kier alpha value is -1.34. The molecule has 154 valence electrons. The Morgan fingerprint density at radius 1 is 1.04 bits per heavy atom. The molecule has 0 aliphatic heterocycles. The van der Waals surface area contributed by atoms with Crippen molar-refractivity contribution in [1.82, 2.24) is 0 Å². The van der Waals surface area contributed by atoms with E-state index in [4.69, 9.17) is 5.73 Å². The van der Waals surface area contributed by atoms with Crippen LogP contribution in [0.4, 0.5) is 0 Å². The Morgan fingerprint density at radius 2 is 1.64 bits per heavy atom. The van der Waals surface area contributed by atoms with Crippen molar-refractivity contribution in [2.24, 2.45) is 11.7 Å². The number of benzene rings is 1. The lowest BCUT2D eigenvalue weighted by atomic mass is 9.62. The van der Waals surface area contributed by atoms with Crippen molar-refractivity contribution in [3.8, 4) is 0 Å². The van der Waals surface area contributed by atoms with Gasteiger partial charge in [0, 0.05) is 5.92 Å². The Balaban J connectivity index is 1.69. The summed E-state index contributed by atoms with van der Waals surface area (Å²) < 4.78 is 0. The van der Waals surface area contributed by atoms with E-state index in [1.165, 1.54) is 48.8 Å². The molecule has 0 saturated carbocycles. The molecule has 1 unspecified atom stereocenters. The Labute approximate surface area is 173 Å². The van der Waals surface area contributed by atoms with Crippen molar-refractivity contribution in [1.29, 1.82) is 0 Å². The molecule has 0 bridgehead atoms. The lowest BCUT2D eigenvalue weighted by Gasteiger charge is -2.42. The van der Waals surface area contributed by atoms with Crippen LogP contribution in [0.15, 0.2) is 35.9 Å². The molecule has 28 heavy (non-hydrogen) atoms. The molecule has 2 aliphatic carbocycles. The van der Waals surface area contributed by atoms with Gasteiger partial charge in [-0.05, 0) is 91.5 Å². The van der Waals surface area contributed by atoms with Crippen molar-refractivity contribution in [3.05, 3.63) is 58.2 Å². The standard InChI is InChI=1S/C27H41N/c1-19(10-8-7-9-13-28)22-15-21(16-22)17-23-18-25-24(14-20(23)2)26(3,4)11-12-27(25,5)6/h14-15,18,22H,1,7-13,16-17,28H2,2-6H3. The number of hydrogen-bond donors (Lipinski definition) is 1. The maximum Gasteiger partial charge on any atom is 0.00141 e. The highest BCUT2D eigenvalue weighted by atomic mass is 14.5. The largest absolute Gasteiger partial charge is 0.330 e. The summed E-state index contributed by atoms with van der Waals surface area (Å²) in [4.78, 5) is 0. The zero-order chi connectivity index (χ0) is 20.5. The molecule has 1 heteroatoms. The fraction of sp³-hybridized carbons (Fsp3) is 0.630. The molecule has 0 fully saturated rings. The molecule has 1 atom stereocenters. The van der Waals surface area contributed by atoms with Crippen LogP contribution in [0.3, 0.4) is 0 Å². The van der Waals surface area contributed by atoms with Crippen LogP contribution in [-0.2, 0) is 17.3 Å². The molecule has 1 aromatic rings. The van der Waals surface area contributed by atoms with Crippen LogP contribution >= 0.6 is 0 Å². The number of nitrogens with two attached hydrogens (primary N) is 1. The molecule has 0 radical (unpaired) electrons. The van der Waals surface area contributed by atoms with E-state index in [1.54, 1.807) is 16.7 Å². The lowest BCUT2D eigenvalue weighted by Crippen LogP contribution is -2.34. The van der Waals surface area contributed by atoms with Gasteiger partial charge in [-0.25, -0.2) is 0 Å². The molecule has 1 aromatic carbocycles. The summed E-state index contributed by atoms with van der Waals surface area (Å²) >= 11 is 0. The second kappa shape index (κ2) is 8.19. The molecule has 1 nitrogen and oxygen atoms in total. The summed E-state index contributed by atoms with van der Waals surface area (Å²) in [5.74, 6) is 0.612. The molecule has 0 heterocycles. The van der Waals surface area contributed by atoms with E-state index in [9.17, 15) is 0 Å². The Morgan fingerprint density at radius 3 is 2.25 bits per heavy atom. The van der Waals surface area contributed by atoms with Crippen LogP contribution in [0.25, 0.3) is 0 Å². The van der Waals surface area contributed by atoms with Crippen LogP contribution in [-0.4, -0.2) is 6.54 Å². The van der Waals surface area contributed by atoms with Gasteiger partial charge < -0.3 is 5.73 Å². The summed E-state index contributed by atoms with van der Waals surface area (Å²) in [6.45, 7) is 17.1. The molecule has 0 aromatic heterocycles. The molecule has 2 N–H and O–H groups in total. The van der Waals surface area contributed by atoms with E-state index in [-0.39, 0.29) is 0 Å². The first-order valence-corrected chi connectivity index (χ1v) is 11.4. The highest BCUT2D eigenvalue weighted by molar-refractivity contribution is 5.48. The number of unbranched alkanes of at least 4 members (excludes halogenated alkanes) is 2. The third kappa shape index (κ3) is 4.46. The number of aryl methyl sites for hydroxylation is 1. The van der Waals surface area contributed by atoms with Crippen LogP contribution in [0.1, 0.15) is 94.9 Å². The average molecular weight is 380 g/mol. The van der Waals surface area contributed by atoms with Crippen LogP contribution in [0.2, 0.25) is 0 Å². The van der Waals surface area contributed by atoms with E-state index >= 15 is 0 Å². The van der Waals surface area contributed by atoms with Gasteiger partial charge in [0.2, 0.25) is 0 Å². The molecule has 2 aliphatic rings. The third-order valence-corrected chi connectivity index (χ3v) is 7.37. The topological polar surface area (TPSA) is 26.0 Å². The maximum atomic E-state index is 5.59. The van der Waals surface area contributed by atoms with Gasteiger partial charge in [0.25, 0.3) is 0 Å². The SMILES string of the molecule is C=C(CCCCCN)C1C=C(Cc2cc3c(cc2C)C(C)(C)CCC3(C)C)C1. The van der Waals surface area contributed by atoms with Gasteiger partial charge >= 0.3 is 0 Å². The lowest BCUT2D eigenvalue weighted by molar-refractivity contribution is 0.331. The number of fused-ring (bicyclic) bond motifs is 1. The molecular weight excluding hydrogens is 338 g/mol. The molecular formula is C27H41N. The van der Waals surface area contributed by atoms with Crippen LogP contribution < -0.4 is 5.73 Å². The van der Waals surface area contributed by atoms with Gasteiger partial charge in [0.1, 0.15) is 0 Å². The van der Waals surface area contributed by atoms with Crippen molar-refractivity contribution >= 4 is 0 Å². The van der Waals surface area contributed by atoms with Crippen LogP contribution in [0, 0.1) is 12.8 Å². The zero-order valence-corrected chi connectivity index (χ0v) is 19.0. The van der Waals surface area contributed by atoms with Crippen molar-refractivity contribution in [3.63, 3.8) is 0 Å². The highest BCUT2D eigenvalue weighted by Gasteiger charge is 2.37. The Bertz CT molecular complexity index is 763. The van der Waals surface area contributed by atoms with Gasteiger partial charge in [0.15, 0.2) is 0 Å². The summed E-state index contributed by atoms with van der Waals surface area (Å²) in [7, 11) is 0. The second-order valence-corrected chi connectivity index (χ2v) is 10.7. The minimum atomic E-state index is 0.293. The quantitative estimate of drug-likeness (QED) is 0.385. The summed E-state index contributed by atoms with van der Waals surface area (Å²) in [5.41, 5.74) is 15.4. The highest BCUT2D eigenvalue weighted by Crippen LogP contribution is 2.47. The van der Waals surface area contributed by atoms with Gasteiger partial charge in [0.05, 0.1) is 0 Å². The molecule has 0 spiro atoms. The van der Waals surface area contributed by atoms with E-state index in [1.807, 2.05) is 0 Å². The predicted molar refractivity (Wildman–Crippen MR) is 123 cm³/mol. The molecule has 3 rings (SSSR count). The smallest absolute Gasteiger partial charge is 0.00141 e. The van der Waals surface area contributed by atoms with Crippen LogP contribution in [0.5, 0.6) is 0 Å². The second-order valence-electron chi connectivity index (χ2n) is 10.7. The fourth-order valence-corrected chi connectivity index (χ4v) is 4.99. The van der Waals surface area contributed by atoms with E-state index in [0.717, 1.165) is 25.8 Å². The number of allylic oxidation sites excluding steroid dienone is 3.